The average Bonchev–Trinajstić information content (AvgIpc) is 4.06. The van der Waals surface area contributed by atoms with Crippen LogP contribution in [0.3, 0.4) is 0 Å². The summed E-state index contributed by atoms with van der Waals surface area (Å²) in [5.41, 5.74) is 3.48. The molecule has 13 nitrogen and oxygen atoms in total. The fourth-order valence-electron chi connectivity index (χ4n) is 10.7. The number of fused-ring (bicyclic) bond motifs is 2. The molecule has 5 fully saturated rings. The maximum atomic E-state index is 16.2. The molecule has 0 bridgehead atoms. The molecule has 3 aromatic heterocycles. The van der Waals surface area contributed by atoms with Crippen LogP contribution in [-0.4, -0.2) is 78.4 Å². The molecule has 2 atom stereocenters. The molecule has 3 saturated heterocycles. The predicted octanol–water partition coefficient (Wildman–Crippen LogP) is 7.49. The third-order valence-corrected chi connectivity index (χ3v) is 16.0. The van der Waals surface area contributed by atoms with Crippen LogP contribution < -0.4 is 26.8 Å². The van der Waals surface area contributed by atoms with E-state index in [1.54, 1.807) is 29.0 Å². The van der Waals surface area contributed by atoms with E-state index in [2.05, 4.69) is 57.5 Å². The molecule has 10 rings (SSSR count). The van der Waals surface area contributed by atoms with Gasteiger partial charge in [0.05, 0.1) is 11.2 Å². The van der Waals surface area contributed by atoms with E-state index >= 15 is 4.39 Å². The van der Waals surface area contributed by atoms with Gasteiger partial charge >= 0.3 is 5.69 Å². The number of hydrogen-bond donors (Lipinski definition) is 2. The number of nitrogens with one attached hydrogen (secondary N) is 2. The second kappa shape index (κ2) is 16.1. The number of rotatable bonds is 10. The van der Waals surface area contributed by atoms with Crippen LogP contribution in [0.25, 0.3) is 22.1 Å². The van der Waals surface area contributed by atoms with Gasteiger partial charge in [0, 0.05) is 66.6 Å². The monoisotopic (exact) mass is 881 g/mol. The number of nitrogens with zero attached hydrogens (tertiary/aromatic N) is 7. The largest absolute Gasteiger partial charge is 0.369 e. The van der Waals surface area contributed by atoms with Crippen molar-refractivity contribution in [3.63, 3.8) is 0 Å². The number of aromatic nitrogens is 5. The van der Waals surface area contributed by atoms with Gasteiger partial charge in [-0.1, -0.05) is 11.6 Å². The highest BCUT2D eigenvalue weighted by Gasteiger charge is 2.46. The Labute approximate surface area is 368 Å². The smallest absolute Gasteiger partial charge is 0.329 e. The van der Waals surface area contributed by atoms with Crippen molar-refractivity contribution >= 4 is 74.6 Å². The number of carbonyl (C=O) groups is 2. The SMILES string of the molecule is Cc1cc(SC2CC3(CCN(CC4CCN(c5ccc6c(c5F)n(C)c(=O)n6C5CCC(=O)NC5=O)CC4)CC3)C2)ccc1Nc1ncc2cc(Cl)c(=O)n(C(C)C3CC3)c2n1. The summed E-state index contributed by atoms with van der Waals surface area (Å²) >= 11 is 8.31. The number of piperidine rings is 3. The first-order chi connectivity index (χ1) is 29.8. The Morgan fingerprint density at radius 1 is 1.00 bits per heavy atom. The number of pyridine rings is 1. The zero-order valence-corrected chi connectivity index (χ0v) is 37.0. The Kier molecular flexibility index (Phi) is 10.7. The van der Waals surface area contributed by atoms with Gasteiger partial charge in [0.1, 0.15) is 22.2 Å². The number of halogens is 2. The molecule has 6 heterocycles. The predicted molar refractivity (Wildman–Crippen MR) is 241 cm³/mol. The maximum absolute atomic E-state index is 16.2. The molecule has 16 heteroatoms. The summed E-state index contributed by atoms with van der Waals surface area (Å²) in [6, 6.07) is 10.8. The van der Waals surface area contributed by atoms with Gasteiger partial charge in [-0.2, -0.15) is 4.98 Å². The molecule has 2 N–H and O–H groups in total. The molecule has 326 valence electrons. The number of amides is 2. The van der Waals surface area contributed by atoms with Gasteiger partial charge < -0.3 is 15.1 Å². The average molecular weight is 883 g/mol. The van der Waals surface area contributed by atoms with Crippen LogP contribution in [-0.2, 0) is 16.6 Å². The molecule has 2 saturated carbocycles. The number of likely N-dealkylation sites (tertiary alicyclic amines) is 1. The summed E-state index contributed by atoms with van der Waals surface area (Å²) < 4.78 is 20.5. The van der Waals surface area contributed by atoms with Crippen molar-refractivity contribution < 1.29 is 14.0 Å². The quantitative estimate of drug-likeness (QED) is 0.136. The molecular formula is C46H53ClFN9O4S. The lowest BCUT2D eigenvalue weighted by Gasteiger charge is -2.52. The Morgan fingerprint density at radius 2 is 1.76 bits per heavy atom. The van der Waals surface area contributed by atoms with Crippen molar-refractivity contribution in [2.75, 3.05) is 42.9 Å². The molecular weight excluding hydrogens is 829 g/mol. The minimum absolute atomic E-state index is 0.0278. The van der Waals surface area contributed by atoms with E-state index in [0.717, 1.165) is 75.0 Å². The Morgan fingerprint density at radius 3 is 2.47 bits per heavy atom. The summed E-state index contributed by atoms with van der Waals surface area (Å²) in [5, 5.41) is 7.27. The zero-order chi connectivity index (χ0) is 43.0. The zero-order valence-electron chi connectivity index (χ0n) is 35.5. The van der Waals surface area contributed by atoms with E-state index in [1.807, 2.05) is 11.8 Å². The van der Waals surface area contributed by atoms with Crippen LogP contribution in [0, 0.1) is 30.0 Å². The number of aryl methyl sites for hydroxylation is 2. The molecule has 5 aliphatic rings. The van der Waals surface area contributed by atoms with E-state index in [9.17, 15) is 19.2 Å². The number of hydrogen-bond acceptors (Lipinski definition) is 10. The fourth-order valence-corrected chi connectivity index (χ4v) is 12.6. The lowest BCUT2D eigenvalue weighted by molar-refractivity contribution is -0.135. The number of benzene rings is 2. The second-order valence-corrected chi connectivity index (χ2v) is 20.4. The highest BCUT2D eigenvalue weighted by atomic mass is 35.5. The highest BCUT2D eigenvalue weighted by molar-refractivity contribution is 8.00. The number of imide groups is 1. The standard InChI is InChI=1S/C46H53ClFN9O4S/c1-26-20-31(6-7-34(26)50-44-49-24-30-21-33(47)43(60)56(41(30)52-44)27(2)29-4-5-29)62-32-22-46(23-32)14-18-54(19-15-46)25-28-12-16-55(17-13-28)35-8-9-36-40(39(35)48)53(3)45(61)57(36)37-10-11-38(58)51-42(37)59/h6-9,20-21,24,27-29,32,37H,4-5,10-19,22-23,25H2,1-3H3,(H,49,50,52)(H,51,58,59). The van der Waals surface area contributed by atoms with Crippen LogP contribution >= 0.6 is 23.4 Å². The minimum atomic E-state index is -0.844. The Balaban J connectivity index is 0.700. The molecule has 2 aromatic carbocycles. The molecule has 3 aliphatic heterocycles. The molecule has 0 radical (unpaired) electrons. The number of thioether (sulfide) groups is 1. The van der Waals surface area contributed by atoms with Crippen LogP contribution in [0.1, 0.15) is 88.8 Å². The fraction of sp³-hybridized carbons (Fsp3) is 0.522. The van der Waals surface area contributed by atoms with Crippen molar-refractivity contribution in [1.29, 1.82) is 0 Å². The van der Waals surface area contributed by atoms with Crippen molar-refractivity contribution in [2.24, 2.45) is 24.3 Å². The number of imidazole rings is 1. The minimum Gasteiger partial charge on any atom is -0.369 e. The first-order valence-electron chi connectivity index (χ1n) is 22.2. The topological polar surface area (TPSA) is 139 Å². The summed E-state index contributed by atoms with van der Waals surface area (Å²) in [6.45, 7) is 9.00. The third kappa shape index (κ3) is 7.61. The maximum Gasteiger partial charge on any atom is 0.329 e. The van der Waals surface area contributed by atoms with E-state index in [4.69, 9.17) is 16.6 Å². The first-order valence-corrected chi connectivity index (χ1v) is 23.4. The summed E-state index contributed by atoms with van der Waals surface area (Å²) in [4.78, 5) is 66.0. The summed E-state index contributed by atoms with van der Waals surface area (Å²) in [6.07, 6.45) is 11.2. The number of carbonyl (C=O) groups excluding carboxylic acids is 2. The highest BCUT2D eigenvalue weighted by Crippen LogP contribution is 2.55. The van der Waals surface area contributed by atoms with Crippen molar-refractivity contribution in [3.05, 3.63) is 79.8 Å². The first kappa shape index (κ1) is 41.3. The summed E-state index contributed by atoms with van der Waals surface area (Å²) in [5.74, 6) is 0.152. The molecule has 1 spiro atoms. The molecule has 62 heavy (non-hydrogen) atoms. The molecule has 5 aromatic rings. The van der Waals surface area contributed by atoms with E-state index in [0.29, 0.717) is 45.3 Å². The van der Waals surface area contributed by atoms with Crippen LogP contribution in [0.15, 0.2) is 57.1 Å². The van der Waals surface area contributed by atoms with Crippen molar-refractivity contribution in [2.45, 2.75) is 100 Å². The van der Waals surface area contributed by atoms with Gasteiger partial charge in [-0.3, -0.25) is 33.4 Å². The van der Waals surface area contributed by atoms with Gasteiger partial charge in [0.25, 0.3) is 5.56 Å². The van der Waals surface area contributed by atoms with Crippen LogP contribution in [0.5, 0.6) is 0 Å². The van der Waals surface area contributed by atoms with Gasteiger partial charge in [-0.15, -0.1) is 11.8 Å². The number of anilines is 3. The van der Waals surface area contributed by atoms with Gasteiger partial charge in [-0.05, 0) is 144 Å². The Bertz CT molecular complexity index is 2720. The van der Waals surface area contributed by atoms with Crippen LogP contribution in [0.4, 0.5) is 21.7 Å². The van der Waals surface area contributed by atoms with E-state index < -0.39 is 23.5 Å². The summed E-state index contributed by atoms with van der Waals surface area (Å²) in [7, 11) is 1.54. The lowest BCUT2D eigenvalue weighted by atomic mass is 9.63. The Hall–Kier alpha value is -4.73. The second-order valence-electron chi connectivity index (χ2n) is 18.6. The van der Waals surface area contributed by atoms with Crippen molar-refractivity contribution in [3.8, 4) is 0 Å². The van der Waals surface area contributed by atoms with Crippen LogP contribution in [0.2, 0.25) is 5.02 Å². The normalized spacial score (nSPS) is 21.8. The molecule has 2 unspecified atom stereocenters. The van der Waals surface area contributed by atoms with E-state index in [1.165, 1.54) is 46.8 Å². The van der Waals surface area contributed by atoms with E-state index in [-0.39, 0.29) is 40.9 Å². The van der Waals surface area contributed by atoms with Gasteiger partial charge in [0.15, 0.2) is 5.82 Å². The third-order valence-electron chi connectivity index (χ3n) is 14.6. The van der Waals surface area contributed by atoms with Gasteiger partial charge in [-0.25, -0.2) is 14.2 Å². The molecule has 2 amide bonds. The van der Waals surface area contributed by atoms with Crippen molar-refractivity contribution in [1.82, 2.24) is 33.9 Å². The lowest BCUT2D eigenvalue weighted by Crippen LogP contribution is -2.49. The van der Waals surface area contributed by atoms with Gasteiger partial charge in [0.2, 0.25) is 17.8 Å². The molecule has 2 aliphatic carbocycles.